The lowest BCUT2D eigenvalue weighted by atomic mass is 9.85. The number of ketones is 1. The smallest absolute Gasteiger partial charge is 0.302 e. The Balaban J connectivity index is 2.03. The van der Waals surface area contributed by atoms with Gasteiger partial charge >= 0.3 is 5.97 Å². The Labute approximate surface area is 191 Å². The summed E-state index contributed by atoms with van der Waals surface area (Å²) in [5, 5.41) is 0. The molecular weight excluding hydrogens is 404 g/mol. The number of allylic oxidation sites excluding steroid dienone is 3. The molecule has 0 aromatic heterocycles. The number of hydrogen-bond donors (Lipinski definition) is 0. The average Bonchev–Trinajstić information content (AvgIpc) is 2.83. The monoisotopic (exact) mass is 448 g/mol. The summed E-state index contributed by atoms with van der Waals surface area (Å²) in [5.74, 6) is 0.402. The number of Topliss-reactive ketones (excluding diaryl/α,β-unsaturated/α-hetero) is 1. The first-order chi connectivity index (χ1) is 14.5. The van der Waals surface area contributed by atoms with E-state index in [0.717, 1.165) is 32.1 Å². The van der Waals surface area contributed by atoms with Gasteiger partial charge in [0.05, 0.1) is 0 Å². The molecule has 0 heterocycles. The van der Waals surface area contributed by atoms with Gasteiger partial charge in [-0.25, -0.2) is 0 Å². The molecule has 0 saturated heterocycles. The molecule has 0 unspecified atom stereocenters. The van der Waals surface area contributed by atoms with E-state index in [9.17, 15) is 9.59 Å². The molecule has 3 atom stereocenters. The van der Waals surface area contributed by atoms with E-state index in [0.29, 0.717) is 29.0 Å². The van der Waals surface area contributed by atoms with Crippen molar-refractivity contribution in [2.75, 3.05) is 6.61 Å². The molecule has 0 N–H and O–H groups in total. The number of carbonyl (C=O) groups excluding carboxylic acids is 2. The molecule has 0 amide bonds. The Morgan fingerprint density at radius 2 is 1.68 bits per heavy atom. The summed E-state index contributed by atoms with van der Waals surface area (Å²) < 4.78 is 12.0. The maximum atomic E-state index is 12.9. The zero-order chi connectivity index (χ0) is 23.3. The Hall–Kier alpha value is -1.20. The lowest BCUT2D eigenvalue weighted by molar-refractivity contribution is -0.139. The first-order valence-corrected chi connectivity index (χ1v) is 14.3. The van der Waals surface area contributed by atoms with E-state index in [-0.39, 0.29) is 23.9 Å². The highest BCUT2D eigenvalue weighted by Gasteiger charge is 2.50. The van der Waals surface area contributed by atoms with Crippen LogP contribution in [0.4, 0.5) is 0 Å². The van der Waals surface area contributed by atoms with E-state index in [2.05, 4.69) is 54.5 Å². The highest BCUT2D eigenvalue weighted by atomic mass is 28.4. The topological polar surface area (TPSA) is 52.6 Å². The van der Waals surface area contributed by atoms with E-state index in [1.54, 1.807) is 0 Å². The molecule has 2 rings (SSSR count). The van der Waals surface area contributed by atoms with E-state index in [1.165, 1.54) is 18.1 Å². The lowest BCUT2D eigenvalue weighted by Gasteiger charge is -2.46. The number of ether oxygens (including phenoxy) is 1. The zero-order valence-corrected chi connectivity index (χ0v) is 22.0. The predicted octanol–water partition coefficient (Wildman–Crippen LogP) is 6.76. The second kappa shape index (κ2) is 11.1. The highest BCUT2D eigenvalue weighted by molar-refractivity contribution is 6.77. The van der Waals surface area contributed by atoms with E-state index < -0.39 is 8.32 Å². The molecular formula is C26H44O4Si. The van der Waals surface area contributed by atoms with Crippen LogP contribution in [0, 0.1) is 11.8 Å². The fourth-order valence-electron chi connectivity index (χ4n) is 6.05. The van der Waals surface area contributed by atoms with E-state index >= 15 is 0 Å². The molecule has 2 aliphatic rings. The number of fused-ring (bicyclic) bond motifs is 2. The third-order valence-electron chi connectivity index (χ3n) is 7.46. The Bertz CT molecular complexity index is 682. The SMILES string of the molecule is CC(=O)OC/C=C(\C)CC/C=C1\C[C@H]2C[C@@H](O[Si](C(C)C)(C(C)C)C(C)C)C[C@@H]1C2=O. The van der Waals surface area contributed by atoms with E-state index in [4.69, 9.17) is 9.16 Å². The number of hydrogen-bond acceptors (Lipinski definition) is 4. The van der Waals surface area contributed by atoms with Crippen LogP contribution in [-0.2, 0) is 18.8 Å². The molecule has 176 valence electrons. The van der Waals surface area contributed by atoms with Crippen molar-refractivity contribution in [3.63, 3.8) is 0 Å². The molecule has 2 saturated carbocycles. The molecule has 0 aliphatic heterocycles. The first-order valence-electron chi connectivity index (χ1n) is 12.2. The summed E-state index contributed by atoms with van der Waals surface area (Å²) in [7, 11) is -1.93. The third kappa shape index (κ3) is 6.19. The van der Waals surface area contributed by atoms with Crippen LogP contribution in [0.3, 0.4) is 0 Å². The summed E-state index contributed by atoms with van der Waals surface area (Å²) >= 11 is 0. The van der Waals surface area contributed by atoms with Gasteiger partial charge in [-0.3, -0.25) is 9.59 Å². The summed E-state index contributed by atoms with van der Waals surface area (Å²) in [6, 6.07) is 0. The molecule has 2 bridgehead atoms. The van der Waals surface area contributed by atoms with Crippen LogP contribution >= 0.6 is 0 Å². The minimum atomic E-state index is -1.93. The van der Waals surface area contributed by atoms with Crippen molar-refractivity contribution in [2.24, 2.45) is 11.8 Å². The number of carbonyl (C=O) groups is 2. The number of esters is 1. The molecule has 4 nitrogen and oxygen atoms in total. The van der Waals surface area contributed by atoms with Crippen LogP contribution in [-0.4, -0.2) is 32.8 Å². The van der Waals surface area contributed by atoms with Crippen LogP contribution in [0.1, 0.15) is 87.5 Å². The van der Waals surface area contributed by atoms with Crippen molar-refractivity contribution in [2.45, 2.75) is 110 Å². The predicted molar refractivity (Wildman–Crippen MR) is 129 cm³/mol. The molecule has 0 spiro atoms. The van der Waals surface area contributed by atoms with Crippen molar-refractivity contribution >= 4 is 20.1 Å². The minimum Gasteiger partial charge on any atom is -0.462 e. The Kier molecular flexibility index (Phi) is 9.32. The molecule has 0 radical (unpaired) electrons. The number of rotatable bonds is 10. The summed E-state index contributed by atoms with van der Waals surface area (Å²) in [6.07, 6.45) is 9.03. The molecule has 2 fully saturated rings. The van der Waals surface area contributed by atoms with Crippen LogP contribution in [0.25, 0.3) is 0 Å². The maximum Gasteiger partial charge on any atom is 0.302 e. The second-order valence-corrected chi connectivity index (χ2v) is 16.0. The standard InChI is InChI=1S/C26H44O4Si/c1-17(2)31(18(3)4,19(5)6)30-24-15-23-14-22(25(16-24)26(23)28)11-9-10-20(7)12-13-29-21(8)27/h11-12,17-19,23-25H,9-10,13-16H2,1-8H3/b20-12+,22-11+/t23-,24+,25-/m0/s1. The zero-order valence-electron chi connectivity index (χ0n) is 21.0. The van der Waals surface area contributed by atoms with Gasteiger partial charge in [0.25, 0.3) is 0 Å². The van der Waals surface area contributed by atoms with Crippen molar-refractivity contribution in [3.05, 3.63) is 23.3 Å². The van der Waals surface area contributed by atoms with Crippen LogP contribution in [0.5, 0.6) is 0 Å². The highest BCUT2D eigenvalue weighted by Crippen LogP contribution is 2.49. The van der Waals surface area contributed by atoms with Gasteiger partial charge < -0.3 is 9.16 Å². The largest absolute Gasteiger partial charge is 0.462 e. The van der Waals surface area contributed by atoms with Gasteiger partial charge in [-0.15, -0.1) is 0 Å². The van der Waals surface area contributed by atoms with Crippen LogP contribution in [0.15, 0.2) is 23.3 Å². The van der Waals surface area contributed by atoms with Gasteiger partial charge in [0.1, 0.15) is 12.4 Å². The fourth-order valence-corrected chi connectivity index (χ4v) is 11.6. The molecule has 31 heavy (non-hydrogen) atoms. The van der Waals surface area contributed by atoms with Gasteiger partial charge in [-0.2, -0.15) is 0 Å². The quantitative estimate of drug-likeness (QED) is 0.210. The summed E-state index contributed by atoms with van der Waals surface area (Å²) in [5.41, 5.74) is 4.26. The molecule has 2 aliphatic carbocycles. The summed E-state index contributed by atoms with van der Waals surface area (Å²) in [4.78, 5) is 23.7. The van der Waals surface area contributed by atoms with Crippen LogP contribution < -0.4 is 0 Å². The van der Waals surface area contributed by atoms with Gasteiger partial charge in [-0.1, -0.05) is 58.8 Å². The van der Waals surface area contributed by atoms with Gasteiger partial charge in [0.2, 0.25) is 8.32 Å². The van der Waals surface area contributed by atoms with Crippen molar-refractivity contribution in [3.8, 4) is 0 Å². The summed E-state index contributed by atoms with van der Waals surface area (Å²) in [6.45, 7) is 17.8. The molecule has 5 heteroatoms. The molecule has 0 aromatic carbocycles. The van der Waals surface area contributed by atoms with Crippen molar-refractivity contribution in [1.29, 1.82) is 0 Å². The maximum absolute atomic E-state index is 12.9. The average molecular weight is 449 g/mol. The van der Waals surface area contributed by atoms with Crippen molar-refractivity contribution < 1.29 is 18.8 Å². The normalized spacial score (nSPS) is 25.9. The first kappa shape index (κ1) is 26.1. The van der Waals surface area contributed by atoms with Crippen molar-refractivity contribution in [1.82, 2.24) is 0 Å². The second-order valence-electron chi connectivity index (χ2n) is 10.6. The van der Waals surface area contributed by atoms with Gasteiger partial charge in [0.15, 0.2) is 0 Å². The van der Waals surface area contributed by atoms with Gasteiger partial charge in [-0.05, 0) is 61.7 Å². The molecule has 0 aromatic rings. The van der Waals surface area contributed by atoms with Gasteiger partial charge in [0, 0.05) is 24.9 Å². The lowest BCUT2D eigenvalue weighted by Crippen LogP contribution is -2.51. The Morgan fingerprint density at radius 3 is 2.23 bits per heavy atom. The van der Waals surface area contributed by atoms with Crippen LogP contribution in [0.2, 0.25) is 16.6 Å². The van der Waals surface area contributed by atoms with E-state index in [1.807, 2.05) is 6.08 Å². The fraction of sp³-hybridized carbons (Fsp3) is 0.769. The third-order valence-corrected chi connectivity index (χ3v) is 13.6. The minimum absolute atomic E-state index is 0.0623. The Morgan fingerprint density at radius 1 is 1.06 bits per heavy atom.